The lowest BCUT2D eigenvalue weighted by molar-refractivity contribution is -0.137. The Hall–Kier alpha value is -1.61. The van der Waals surface area contributed by atoms with Crippen molar-refractivity contribution >= 4 is 5.91 Å². The summed E-state index contributed by atoms with van der Waals surface area (Å²) in [4.78, 5) is 12.1. The Kier molecular flexibility index (Phi) is 4.23. The predicted octanol–water partition coefficient (Wildman–Crippen LogP) is 1.02. The summed E-state index contributed by atoms with van der Waals surface area (Å²) in [6, 6.07) is 6.64. The fourth-order valence-corrected chi connectivity index (χ4v) is 3.82. The van der Waals surface area contributed by atoms with E-state index in [2.05, 4.69) is 28.2 Å². The van der Waals surface area contributed by atoms with E-state index in [0.29, 0.717) is 5.92 Å². The number of halogens is 2. The van der Waals surface area contributed by atoms with Crippen molar-refractivity contribution in [2.45, 2.75) is 56.7 Å². The molecule has 1 aliphatic carbocycles. The van der Waals surface area contributed by atoms with Gasteiger partial charge >= 0.3 is 0 Å². The molecule has 0 aromatic heterocycles. The first-order valence-electron chi connectivity index (χ1n) is 8.62. The van der Waals surface area contributed by atoms with E-state index in [-0.39, 0.29) is 6.04 Å². The van der Waals surface area contributed by atoms with Gasteiger partial charge in [-0.05, 0) is 36.8 Å². The topological polar surface area (TPSA) is 76.6 Å². The maximum atomic E-state index is 13.4. The average Bonchev–Trinajstić information content (AvgIpc) is 3.35. The van der Waals surface area contributed by atoms with Crippen molar-refractivity contribution in [3.63, 3.8) is 0 Å². The van der Waals surface area contributed by atoms with Crippen LogP contribution in [0.1, 0.15) is 42.9 Å². The van der Waals surface area contributed by atoms with Crippen molar-refractivity contribution < 1.29 is 18.7 Å². The van der Waals surface area contributed by atoms with E-state index in [1.54, 1.807) is 5.01 Å². The minimum atomic E-state index is -2.69. The van der Waals surface area contributed by atoms with Crippen molar-refractivity contribution in [2.24, 2.45) is 5.92 Å². The molecule has 1 amide bonds. The molecule has 3 aliphatic rings. The highest BCUT2D eigenvalue weighted by atomic mass is 19.3. The van der Waals surface area contributed by atoms with Crippen LogP contribution >= 0.6 is 0 Å². The van der Waals surface area contributed by atoms with Gasteiger partial charge in [-0.25, -0.2) is 19.2 Å². The van der Waals surface area contributed by atoms with E-state index >= 15 is 0 Å². The molecule has 3 fully saturated rings. The quantitative estimate of drug-likeness (QED) is 0.651. The van der Waals surface area contributed by atoms with Crippen LogP contribution in [0.15, 0.2) is 24.3 Å². The minimum Gasteiger partial charge on any atom is -0.361 e. The highest BCUT2D eigenvalue weighted by Gasteiger charge is 2.53. The molecule has 4 rings (SSSR count). The number of hydrogen-bond donors (Lipinski definition) is 4. The summed E-state index contributed by atoms with van der Waals surface area (Å²) in [7, 11) is 0. The molecule has 1 aromatic carbocycles. The van der Waals surface area contributed by atoms with E-state index in [1.165, 1.54) is 18.4 Å². The molecule has 1 saturated carbocycles. The maximum absolute atomic E-state index is 13.4. The van der Waals surface area contributed by atoms with Crippen LogP contribution in [0.25, 0.3) is 0 Å². The second-order valence-electron chi connectivity index (χ2n) is 7.06. The lowest BCUT2D eigenvalue weighted by Gasteiger charge is -2.37. The number of carbonyl (C=O) groups excluding carboxylic acids is 1. The molecule has 6 nitrogen and oxygen atoms in total. The number of hydrazine groups is 1. The number of alkyl halides is 2. The smallest absolute Gasteiger partial charge is 0.255 e. The lowest BCUT2D eigenvalue weighted by atomic mass is 9.95. The lowest BCUT2D eigenvalue weighted by Crippen LogP contribution is -2.64. The van der Waals surface area contributed by atoms with Gasteiger partial charge in [0.25, 0.3) is 6.43 Å². The average molecular weight is 352 g/mol. The second kappa shape index (κ2) is 6.28. The van der Waals surface area contributed by atoms with Gasteiger partial charge in [-0.3, -0.25) is 10.1 Å². The Labute approximate surface area is 144 Å². The molecule has 136 valence electrons. The Morgan fingerprint density at radius 1 is 1.24 bits per heavy atom. The number of fused-ring (bicyclic) bond motifs is 1. The van der Waals surface area contributed by atoms with Crippen molar-refractivity contribution in [1.29, 1.82) is 0 Å². The van der Waals surface area contributed by atoms with Gasteiger partial charge in [-0.15, -0.1) is 0 Å². The van der Waals surface area contributed by atoms with Crippen LogP contribution in [0.2, 0.25) is 0 Å². The van der Waals surface area contributed by atoms with Crippen molar-refractivity contribution in [3.8, 4) is 0 Å². The predicted molar refractivity (Wildman–Crippen MR) is 86.2 cm³/mol. The molecule has 2 saturated heterocycles. The summed E-state index contributed by atoms with van der Waals surface area (Å²) in [5.74, 6) is -0.898. The number of nitrogens with one attached hydrogen (secondary N) is 3. The molecule has 5 unspecified atom stereocenters. The van der Waals surface area contributed by atoms with Gasteiger partial charge in [-0.2, -0.15) is 0 Å². The minimum absolute atomic E-state index is 0.241. The molecule has 8 heteroatoms. The van der Waals surface area contributed by atoms with Crippen LogP contribution in [0.5, 0.6) is 0 Å². The first-order valence-corrected chi connectivity index (χ1v) is 8.62. The third-order valence-corrected chi connectivity index (χ3v) is 5.39. The Balaban J connectivity index is 1.58. The third-order valence-electron chi connectivity index (χ3n) is 5.39. The molecule has 2 heterocycles. The van der Waals surface area contributed by atoms with E-state index in [9.17, 15) is 18.7 Å². The number of amides is 1. The first kappa shape index (κ1) is 16.8. The van der Waals surface area contributed by atoms with Gasteiger partial charge in [0.05, 0.1) is 18.1 Å². The Morgan fingerprint density at radius 2 is 1.92 bits per heavy atom. The zero-order valence-corrected chi connectivity index (χ0v) is 13.8. The summed E-state index contributed by atoms with van der Waals surface area (Å²) in [6.45, 7) is 1.89. The number of nitrogens with zero attached hydrogens (tertiary/aromatic N) is 1. The Bertz CT molecular complexity index is 653. The largest absolute Gasteiger partial charge is 0.361 e. The molecule has 0 spiro atoms. The molecular formula is C17H22F2N4O2. The highest BCUT2D eigenvalue weighted by Crippen LogP contribution is 2.40. The van der Waals surface area contributed by atoms with Gasteiger partial charge in [0.1, 0.15) is 0 Å². The summed E-state index contributed by atoms with van der Waals surface area (Å²) in [5.41, 5.74) is 5.05. The van der Waals surface area contributed by atoms with Gasteiger partial charge in [-0.1, -0.05) is 24.3 Å². The van der Waals surface area contributed by atoms with Gasteiger partial charge in [0.2, 0.25) is 5.91 Å². The van der Waals surface area contributed by atoms with Crippen molar-refractivity contribution in [2.75, 3.05) is 0 Å². The molecular weight excluding hydrogens is 330 g/mol. The van der Waals surface area contributed by atoms with E-state index in [1.807, 2.05) is 19.1 Å². The molecule has 0 radical (unpaired) electrons. The molecule has 0 bridgehead atoms. The van der Waals surface area contributed by atoms with Gasteiger partial charge < -0.3 is 10.4 Å². The number of benzene rings is 1. The number of rotatable bonds is 4. The van der Waals surface area contributed by atoms with Gasteiger partial charge in [0, 0.05) is 6.04 Å². The zero-order chi connectivity index (χ0) is 17.7. The van der Waals surface area contributed by atoms with Crippen LogP contribution < -0.4 is 16.1 Å². The highest BCUT2D eigenvalue weighted by molar-refractivity contribution is 5.81. The second-order valence-corrected chi connectivity index (χ2v) is 7.06. The number of aliphatic hydroxyl groups is 1. The summed E-state index contributed by atoms with van der Waals surface area (Å²) in [5, 5.41) is 16.4. The summed E-state index contributed by atoms with van der Waals surface area (Å²) < 4.78 is 26.8. The van der Waals surface area contributed by atoms with Crippen LogP contribution in [0, 0.1) is 5.92 Å². The fraction of sp³-hybridized carbons (Fsp3) is 0.588. The summed E-state index contributed by atoms with van der Waals surface area (Å²) in [6.07, 6.45) is -2.21. The van der Waals surface area contributed by atoms with Crippen molar-refractivity contribution in [1.82, 2.24) is 21.1 Å². The van der Waals surface area contributed by atoms with Crippen LogP contribution in [-0.2, 0) is 4.79 Å². The normalized spacial score (nSPS) is 34.0. The number of hydrogen-bond acceptors (Lipinski definition) is 5. The third kappa shape index (κ3) is 3.03. The first-order chi connectivity index (χ1) is 12.0. The maximum Gasteiger partial charge on any atom is 0.255 e. The SMILES string of the molecule is CC(c1ccc(C2CC2)cc1)N1NC(C(F)F)C2C(=O)NC(O)NC21. The number of aliphatic hydroxyl groups excluding tert-OH is 1. The summed E-state index contributed by atoms with van der Waals surface area (Å²) >= 11 is 0. The fourth-order valence-electron chi connectivity index (χ4n) is 3.82. The van der Waals surface area contributed by atoms with E-state index in [0.717, 1.165) is 5.56 Å². The van der Waals surface area contributed by atoms with Gasteiger partial charge in [0.15, 0.2) is 6.35 Å². The van der Waals surface area contributed by atoms with E-state index in [4.69, 9.17) is 0 Å². The molecule has 1 aromatic rings. The Morgan fingerprint density at radius 3 is 2.52 bits per heavy atom. The molecule has 2 aliphatic heterocycles. The van der Waals surface area contributed by atoms with Crippen LogP contribution in [0.4, 0.5) is 8.78 Å². The molecule has 5 atom stereocenters. The van der Waals surface area contributed by atoms with Crippen LogP contribution in [-0.4, -0.2) is 41.0 Å². The number of carbonyl (C=O) groups is 1. The van der Waals surface area contributed by atoms with Crippen molar-refractivity contribution in [3.05, 3.63) is 35.4 Å². The monoisotopic (exact) mass is 352 g/mol. The van der Waals surface area contributed by atoms with Crippen LogP contribution in [0.3, 0.4) is 0 Å². The van der Waals surface area contributed by atoms with E-state index < -0.39 is 36.8 Å². The standard InChI is InChI=1S/C17H22F2N4O2/c1-8(9-2-4-10(5-3-9)11-6-7-11)23-15-12(13(22-23)14(18)19)16(24)21-17(25)20-15/h2-5,8,11-15,17,20,22,25H,6-7H2,1H3,(H,21,24). The molecule has 25 heavy (non-hydrogen) atoms. The zero-order valence-electron chi connectivity index (χ0n) is 13.8. The molecule has 4 N–H and O–H groups in total.